The van der Waals surface area contributed by atoms with E-state index in [9.17, 15) is 15.0 Å². The van der Waals surface area contributed by atoms with Gasteiger partial charge in [-0.3, -0.25) is 4.79 Å². The smallest absolute Gasteiger partial charge is 0.259 e. The minimum absolute atomic E-state index is 0.0581. The van der Waals surface area contributed by atoms with Crippen molar-refractivity contribution in [2.24, 2.45) is 23.7 Å². The van der Waals surface area contributed by atoms with Crippen LogP contribution < -0.4 is 0 Å². The molecule has 150 valence electrons. The van der Waals surface area contributed by atoms with E-state index in [0.717, 1.165) is 19.3 Å². The summed E-state index contributed by atoms with van der Waals surface area (Å²) in [4.78, 5) is 13.1. The van der Waals surface area contributed by atoms with Crippen molar-refractivity contribution in [3.05, 3.63) is 24.0 Å². The lowest BCUT2D eigenvalue weighted by molar-refractivity contribution is -0.131. The molecule has 0 spiro atoms. The minimum atomic E-state index is -0.547. The molecule has 0 heterocycles. The van der Waals surface area contributed by atoms with E-state index in [-0.39, 0.29) is 30.5 Å². The molecule has 2 aliphatic rings. The zero-order chi connectivity index (χ0) is 20.0. The number of fused-ring (bicyclic) bond motifs is 1. The van der Waals surface area contributed by atoms with Gasteiger partial charge in [-0.05, 0) is 49.5 Å². The van der Waals surface area contributed by atoms with E-state index >= 15 is 0 Å². The highest BCUT2D eigenvalue weighted by atomic mass is 16.5. The number of amides is 1. The number of carbonyl (C=O) groups is 1. The van der Waals surface area contributed by atoms with Crippen LogP contribution in [0.25, 0.3) is 0 Å². The molecule has 0 aromatic heterocycles. The van der Waals surface area contributed by atoms with Crippen molar-refractivity contribution in [3.8, 4) is 11.8 Å². The minimum Gasteiger partial charge on any atom is -0.491 e. The van der Waals surface area contributed by atoms with Gasteiger partial charge in [0.1, 0.15) is 0 Å². The lowest BCUT2D eigenvalue weighted by Crippen LogP contribution is -2.25. The summed E-state index contributed by atoms with van der Waals surface area (Å²) in [6, 6.07) is 0. The average molecular weight is 376 g/mol. The second-order valence-corrected chi connectivity index (χ2v) is 8.07. The third-order valence-corrected chi connectivity index (χ3v) is 5.78. The third-order valence-electron chi connectivity index (χ3n) is 5.78. The summed E-state index contributed by atoms with van der Waals surface area (Å²) >= 11 is 0. The molecule has 2 aliphatic carbocycles. The monoisotopic (exact) mass is 375 g/mol. The number of hydrogen-bond donors (Lipinski definition) is 2. The molecule has 2 N–H and O–H groups in total. The van der Waals surface area contributed by atoms with Crippen molar-refractivity contribution < 1.29 is 19.7 Å². The molecule has 0 aromatic rings. The molecule has 6 atom stereocenters. The second kappa shape index (κ2) is 9.96. The van der Waals surface area contributed by atoms with Crippen molar-refractivity contribution in [2.75, 3.05) is 20.7 Å². The first-order valence-electron chi connectivity index (χ1n) is 9.77. The molecule has 27 heavy (non-hydrogen) atoms. The maximum atomic E-state index is 11.6. The Morgan fingerprint density at radius 1 is 1.41 bits per heavy atom. The molecule has 5 heteroatoms. The predicted molar refractivity (Wildman–Crippen MR) is 105 cm³/mol. The highest BCUT2D eigenvalue weighted by Crippen LogP contribution is 2.50. The molecule has 1 amide bonds. The molecule has 2 saturated carbocycles. The van der Waals surface area contributed by atoms with Gasteiger partial charge in [-0.15, -0.1) is 11.8 Å². The number of allylic oxidation sites excluding steroid dienone is 1. The summed E-state index contributed by atoms with van der Waals surface area (Å²) in [7, 11) is 3.42. The van der Waals surface area contributed by atoms with E-state index in [0.29, 0.717) is 18.3 Å². The summed E-state index contributed by atoms with van der Waals surface area (Å²) in [5.74, 6) is 6.74. The molecule has 0 bridgehead atoms. The van der Waals surface area contributed by atoms with Crippen molar-refractivity contribution in [1.29, 1.82) is 0 Å². The van der Waals surface area contributed by atoms with E-state index in [2.05, 4.69) is 11.8 Å². The molecule has 5 nitrogen and oxygen atoms in total. The van der Waals surface area contributed by atoms with Crippen molar-refractivity contribution in [2.45, 2.75) is 51.7 Å². The Morgan fingerprint density at radius 3 is 2.81 bits per heavy atom. The van der Waals surface area contributed by atoms with Crippen molar-refractivity contribution in [1.82, 2.24) is 4.90 Å². The van der Waals surface area contributed by atoms with Gasteiger partial charge in [0.05, 0.1) is 18.5 Å². The fourth-order valence-corrected chi connectivity index (χ4v) is 4.04. The number of carbonyl (C=O) groups excluding carboxylic acids is 1. The number of ether oxygens (including phenoxy) is 1. The Kier molecular flexibility index (Phi) is 7.94. The van der Waals surface area contributed by atoms with Gasteiger partial charge < -0.3 is 19.8 Å². The van der Waals surface area contributed by atoms with Gasteiger partial charge in [-0.25, -0.2) is 0 Å². The molecule has 0 radical (unpaired) electrons. The van der Waals surface area contributed by atoms with Gasteiger partial charge in [0, 0.05) is 26.4 Å². The van der Waals surface area contributed by atoms with E-state index in [1.807, 2.05) is 19.1 Å². The molecule has 0 unspecified atom stereocenters. The number of likely N-dealkylation sites (N-methyl/N-ethyl adjacent to an activating group) is 1. The summed E-state index contributed by atoms with van der Waals surface area (Å²) in [5.41, 5.74) is 1.20. The van der Waals surface area contributed by atoms with E-state index < -0.39 is 6.10 Å². The predicted octanol–water partition coefficient (Wildman–Crippen LogP) is 2.35. The zero-order valence-electron chi connectivity index (χ0n) is 16.9. The first kappa shape index (κ1) is 21.5. The maximum Gasteiger partial charge on any atom is 0.259 e. The highest BCUT2D eigenvalue weighted by Gasteiger charge is 2.45. The molecule has 0 saturated heterocycles. The Balaban J connectivity index is 1.91. The van der Waals surface area contributed by atoms with Crippen LogP contribution in [-0.4, -0.2) is 53.9 Å². The Hall–Kier alpha value is -1.77. The Bertz CT molecular complexity index is 628. The van der Waals surface area contributed by atoms with Crippen LogP contribution in [0.1, 0.15) is 39.5 Å². The SMILES string of the molecule is CC#CC[C@H](C)[C@H](O)/C=C/[C@@H]1[C@H]2C/C(=C/OCC(=O)N(C)C)C[C@H]2C[C@H]1O. The van der Waals surface area contributed by atoms with Crippen LogP contribution in [-0.2, 0) is 9.53 Å². The molecule has 2 rings (SSSR count). The number of hydrogen-bond acceptors (Lipinski definition) is 4. The van der Waals surface area contributed by atoms with Crippen LogP contribution in [0.15, 0.2) is 24.0 Å². The van der Waals surface area contributed by atoms with Crippen LogP contribution in [0, 0.1) is 35.5 Å². The number of aliphatic hydroxyl groups is 2. The summed E-state index contributed by atoms with van der Waals surface area (Å²) in [5, 5.41) is 20.7. The van der Waals surface area contributed by atoms with Crippen molar-refractivity contribution >= 4 is 5.91 Å². The molecular formula is C22H33NO4. The largest absolute Gasteiger partial charge is 0.491 e. The van der Waals surface area contributed by atoms with Crippen molar-refractivity contribution in [3.63, 3.8) is 0 Å². The second-order valence-electron chi connectivity index (χ2n) is 8.07. The summed E-state index contributed by atoms with van der Waals surface area (Å²) in [6.07, 6.45) is 7.88. The van der Waals surface area contributed by atoms with Gasteiger partial charge in [0.2, 0.25) is 0 Å². The van der Waals surface area contributed by atoms with Crippen LogP contribution in [0.3, 0.4) is 0 Å². The van der Waals surface area contributed by atoms with E-state index in [1.54, 1.807) is 27.3 Å². The zero-order valence-corrected chi connectivity index (χ0v) is 16.9. The summed E-state index contributed by atoms with van der Waals surface area (Å²) < 4.78 is 5.45. The third kappa shape index (κ3) is 5.85. The lowest BCUT2D eigenvalue weighted by Gasteiger charge is -2.19. The average Bonchev–Trinajstić information content (AvgIpc) is 3.13. The molecule has 0 aliphatic heterocycles. The number of aliphatic hydroxyl groups excluding tert-OH is 2. The quantitative estimate of drug-likeness (QED) is 0.407. The van der Waals surface area contributed by atoms with Crippen LogP contribution in [0.2, 0.25) is 0 Å². The molecule has 0 aromatic carbocycles. The summed E-state index contributed by atoms with van der Waals surface area (Å²) in [6.45, 7) is 3.84. The van der Waals surface area contributed by atoms with Crippen LogP contribution in [0.4, 0.5) is 0 Å². The first-order valence-corrected chi connectivity index (χ1v) is 9.77. The van der Waals surface area contributed by atoms with E-state index in [1.165, 1.54) is 10.5 Å². The fourth-order valence-electron chi connectivity index (χ4n) is 4.04. The standard InChI is InChI=1S/C22H33NO4/c1-5-6-7-15(2)20(24)9-8-18-19-11-16(10-17(19)12-21(18)25)13-27-14-22(26)23(3)4/h8-9,13,15,17-21,24-25H,7,10-12,14H2,1-4H3/b9-8+,16-13+/t15-,17-,18+,19-,20+,21+/m0/s1. The number of rotatable bonds is 7. The Morgan fingerprint density at radius 2 is 2.15 bits per heavy atom. The lowest BCUT2D eigenvalue weighted by atomic mass is 9.89. The van der Waals surface area contributed by atoms with E-state index in [4.69, 9.17) is 4.74 Å². The normalized spacial score (nSPS) is 30.7. The first-order chi connectivity index (χ1) is 12.8. The molecule has 2 fully saturated rings. The Labute approximate surface area is 163 Å². The van der Waals surface area contributed by atoms with Gasteiger partial charge in [0.15, 0.2) is 6.61 Å². The van der Waals surface area contributed by atoms with Gasteiger partial charge in [0.25, 0.3) is 5.91 Å². The van der Waals surface area contributed by atoms with Gasteiger partial charge in [-0.1, -0.05) is 19.1 Å². The fraction of sp³-hybridized carbons (Fsp3) is 0.682. The topological polar surface area (TPSA) is 70.0 Å². The van der Waals surface area contributed by atoms with Gasteiger partial charge in [-0.2, -0.15) is 0 Å². The van der Waals surface area contributed by atoms with Gasteiger partial charge >= 0.3 is 0 Å². The molecular weight excluding hydrogens is 342 g/mol. The maximum absolute atomic E-state index is 11.6. The van der Waals surface area contributed by atoms with Crippen LogP contribution >= 0.6 is 0 Å². The number of nitrogens with zero attached hydrogens (tertiary/aromatic N) is 1. The highest BCUT2D eigenvalue weighted by molar-refractivity contribution is 5.76. The van der Waals surface area contributed by atoms with Crippen LogP contribution in [0.5, 0.6) is 0 Å².